The molecule has 0 bridgehead atoms. The van der Waals surface area contributed by atoms with Gasteiger partial charge in [-0.1, -0.05) is 0 Å². The van der Waals surface area contributed by atoms with E-state index in [2.05, 4.69) is 0 Å². The van der Waals surface area contributed by atoms with Crippen LogP contribution in [-0.4, -0.2) is 60.8 Å². The Balaban J connectivity index is 2.51. The highest BCUT2D eigenvalue weighted by atomic mass is 32.2. The molecule has 0 radical (unpaired) electrons. The molecule has 1 amide bonds. The Morgan fingerprint density at radius 1 is 1.08 bits per heavy atom. The molecule has 0 aromatic carbocycles. The largest absolute Gasteiger partial charge is 0.458 e. The molecule has 0 saturated carbocycles. The Morgan fingerprint density at radius 3 is 2.16 bits per heavy atom. The smallest absolute Gasteiger partial charge is 0.427 e. The summed E-state index contributed by atoms with van der Waals surface area (Å²) in [6, 6.07) is 0. The van der Waals surface area contributed by atoms with Crippen molar-refractivity contribution in [1.82, 2.24) is 4.31 Å². The van der Waals surface area contributed by atoms with Gasteiger partial charge < -0.3 is 14.2 Å². The zero-order valence-electron chi connectivity index (χ0n) is 15.3. The first-order chi connectivity index (χ1) is 11.2. The second-order valence-corrected chi connectivity index (χ2v) is 9.45. The average molecular weight is 379 g/mol. The van der Waals surface area contributed by atoms with Crippen molar-refractivity contribution in [3.63, 3.8) is 0 Å². The molecule has 2 rings (SSSR count). The van der Waals surface area contributed by atoms with E-state index in [0.29, 0.717) is 4.31 Å². The van der Waals surface area contributed by atoms with Crippen LogP contribution in [0.2, 0.25) is 0 Å². The second kappa shape index (κ2) is 6.10. The summed E-state index contributed by atoms with van der Waals surface area (Å²) in [4.78, 5) is 25.5. The minimum atomic E-state index is -4.52. The number of carbonyl (C=O) groups is 2. The standard InChI is InChI=1S/C15H25NO8S/c1-13(2,3)22-11(17)15-7-8-21-9-10(15)24-25(19,20)16(15)12(18)23-14(4,5)6/h10H,7-9H2,1-6H3/t10-,15-/m0/s1. The maximum atomic E-state index is 12.9. The highest BCUT2D eigenvalue weighted by Gasteiger charge is 2.68. The fourth-order valence-electron chi connectivity index (χ4n) is 2.69. The molecule has 2 atom stereocenters. The molecule has 0 N–H and O–H groups in total. The van der Waals surface area contributed by atoms with Crippen LogP contribution in [0.1, 0.15) is 48.0 Å². The van der Waals surface area contributed by atoms with E-state index in [4.69, 9.17) is 18.4 Å². The summed E-state index contributed by atoms with van der Waals surface area (Å²) in [5.41, 5.74) is -3.67. The quantitative estimate of drug-likeness (QED) is 0.629. The van der Waals surface area contributed by atoms with E-state index in [-0.39, 0.29) is 19.6 Å². The Hall–Kier alpha value is -1.39. The molecule has 0 unspecified atom stereocenters. The Kier molecular flexibility index (Phi) is 4.86. The van der Waals surface area contributed by atoms with Crippen molar-refractivity contribution in [2.45, 2.75) is 70.8 Å². The zero-order valence-corrected chi connectivity index (χ0v) is 16.1. The molecular weight excluding hydrogens is 354 g/mol. The Bertz CT molecular complexity index is 660. The summed E-state index contributed by atoms with van der Waals surface area (Å²) in [6.45, 7) is 9.65. The van der Waals surface area contributed by atoms with Gasteiger partial charge in [-0.05, 0) is 41.5 Å². The van der Waals surface area contributed by atoms with Gasteiger partial charge in [-0.3, -0.25) is 0 Å². The van der Waals surface area contributed by atoms with Gasteiger partial charge in [-0.15, -0.1) is 0 Å². The first-order valence-electron chi connectivity index (χ1n) is 7.97. The van der Waals surface area contributed by atoms with E-state index in [9.17, 15) is 18.0 Å². The predicted molar refractivity (Wildman–Crippen MR) is 85.9 cm³/mol. The molecule has 2 heterocycles. The number of fused-ring (bicyclic) bond motifs is 1. The third-order valence-electron chi connectivity index (χ3n) is 3.56. The minimum absolute atomic E-state index is 0.0773. The van der Waals surface area contributed by atoms with Crippen molar-refractivity contribution < 1.29 is 36.4 Å². The van der Waals surface area contributed by atoms with Crippen molar-refractivity contribution in [2.24, 2.45) is 0 Å². The van der Waals surface area contributed by atoms with Crippen molar-refractivity contribution in [1.29, 1.82) is 0 Å². The van der Waals surface area contributed by atoms with Crippen LogP contribution in [0.4, 0.5) is 4.79 Å². The lowest BCUT2D eigenvalue weighted by Crippen LogP contribution is -2.64. The first-order valence-corrected chi connectivity index (χ1v) is 9.33. The molecule has 0 aromatic rings. The van der Waals surface area contributed by atoms with Gasteiger partial charge in [0.05, 0.1) is 6.61 Å². The lowest BCUT2D eigenvalue weighted by Gasteiger charge is -2.40. The van der Waals surface area contributed by atoms with Gasteiger partial charge in [-0.2, -0.15) is 12.7 Å². The monoisotopic (exact) mass is 379 g/mol. The van der Waals surface area contributed by atoms with Crippen molar-refractivity contribution in [3.05, 3.63) is 0 Å². The lowest BCUT2D eigenvalue weighted by atomic mass is 9.87. The number of hydrogen-bond acceptors (Lipinski definition) is 8. The van der Waals surface area contributed by atoms with Crippen LogP contribution in [0.5, 0.6) is 0 Å². The number of nitrogens with zero attached hydrogens (tertiary/aromatic N) is 1. The van der Waals surface area contributed by atoms with Crippen LogP contribution >= 0.6 is 0 Å². The van der Waals surface area contributed by atoms with Gasteiger partial charge in [-0.25, -0.2) is 13.8 Å². The maximum absolute atomic E-state index is 12.9. The normalized spacial score (nSPS) is 29.0. The lowest BCUT2D eigenvalue weighted by molar-refractivity contribution is -0.176. The molecule has 0 aliphatic carbocycles. The van der Waals surface area contributed by atoms with Crippen LogP contribution in [0, 0.1) is 0 Å². The third kappa shape index (κ3) is 3.90. The number of rotatable bonds is 1. The summed E-state index contributed by atoms with van der Waals surface area (Å²) < 4.78 is 46.2. The fraction of sp³-hybridized carbons (Fsp3) is 0.867. The van der Waals surface area contributed by atoms with Crippen LogP contribution < -0.4 is 0 Å². The fourth-order valence-corrected chi connectivity index (χ4v) is 4.18. The second-order valence-electron chi connectivity index (χ2n) is 8.04. The van der Waals surface area contributed by atoms with E-state index in [1.54, 1.807) is 41.5 Å². The van der Waals surface area contributed by atoms with Crippen LogP contribution in [0.3, 0.4) is 0 Å². The average Bonchev–Trinajstić information content (AvgIpc) is 2.61. The summed E-state index contributed by atoms with van der Waals surface area (Å²) in [6.07, 6.45) is -2.44. The van der Waals surface area contributed by atoms with Gasteiger partial charge in [0.1, 0.15) is 17.3 Å². The number of hydrogen-bond donors (Lipinski definition) is 0. The molecule has 2 fully saturated rings. The highest BCUT2D eigenvalue weighted by Crippen LogP contribution is 2.42. The molecule has 2 aliphatic rings. The van der Waals surface area contributed by atoms with Crippen LogP contribution in [0.25, 0.3) is 0 Å². The van der Waals surface area contributed by atoms with Gasteiger partial charge in [0, 0.05) is 13.0 Å². The highest BCUT2D eigenvalue weighted by molar-refractivity contribution is 7.85. The molecule has 2 aliphatic heterocycles. The van der Waals surface area contributed by atoms with Crippen molar-refractivity contribution >= 4 is 22.4 Å². The summed E-state index contributed by atoms with van der Waals surface area (Å²) >= 11 is 0. The van der Waals surface area contributed by atoms with Gasteiger partial charge in [0.2, 0.25) is 0 Å². The van der Waals surface area contributed by atoms with E-state index in [1.165, 1.54) is 0 Å². The SMILES string of the molecule is CC(C)(C)OC(=O)N1[C@@]2(C(=O)OC(C)(C)C)CCOC[C@@H]2OS1(=O)=O. The zero-order chi connectivity index (χ0) is 19.3. The molecule has 0 spiro atoms. The third-order valence-corrected chi connectivity index (χ3v) is 4.96. The van der Waals surface area contributed by atoms with E-state index in [1.807, 2.05) is 0 Å². The van der Waals surface area contributed by atoms with Gasteiger partial charge in [0.25, 0.3) is 0 Å². The number of carbonyl (C=O) groups excluding carboxylic acids is 2. The molecule has 25 heavy (non-hydrogen) atoms. The molecule has 9 nitrogen and oxygen atoms in total. The van der Waals surface area contributed by atoms with Crippen molar-refractivity contribution in [3.8, 4) is 0 Å². The maximum Gasteiger partial charge on any atom is 0.427 e. The van der Waals surface area contributed by atoms with E-state index >= 15 is 0 Å². The van der Waals surface area contributed by atoms with E-state index in [0.717, 1.165) is 0 Å². The number of amides is 1. The number of esters is 1. The molecular formula is C15H25NO8S. The summed E-state index contributed by atoms with van der Waals surface area (Å²) in [5, 5.41) is 0. The topological polar surface area (TPSA) is 108 Å². The predicted octanol–water partition coefficient (Wildman–Crippen LogP) is 1.37. The summed E-state index contributed by atoms with van der Waals surface area (Å²) in [7, 11) is -4.52. The summed E-state index contributed by atoms with van der Waals surface area (Å²) in [5.74, 6) is -0.861. The van der Waals surface area contributed by atoms with E-state index < -0.39 is 45.2 Å². The molecule has 144 valence electrons. The molecule has 0 aromatic heterocycles. The van der Waals surface area contributed by atoms with Crippen LogP contribution in [-0.2, 0) is 33.5 Å². The van der Waals surface area contributed by atoms with Crippen molar-refractivity contribution in [2.75, 3.05) is 13.2 Å². The van der Waals surface area contributed by atoms with Gasteiger partial charge >= 0.3 is 22.4 Å². The Morgan fingerprint density at radius 2 is 1.64 bits per heavy atom. The Labute approximate surface area is 147 Å². The van der Waals surface area contributed by atoms with Gasteiger partial charge in [0.15, 0.2) is 5.54 Å². The molecule has 2 saturated heterocycles. The molecule has 10 heteroatoms. The minimum Gasteiger partial charge on any atom is -0.458 e. The first kappa shape index (κ1) is 19.9. The van der Waals surface area contributed by atoms with Crippen LogP contribution in [0.15, 0.2) is 0 Å². The number of ether oxygens (including phenoxy) is 3.